The monoisotopic (exact) mass is 259 g/mol. The smallest absolute Gasteiger partial charge is 0.249 e. The first kappa shape index (κ1) is 13.1. The molecule has 1 fully saturated rings. The lowest BCUT2D eigenvalue weighted by molar-refractivity contribution is -0.144. The zero-order valence-corrected chi connectivity index (χ0v) is 10.3. The van der Waals surface area contributed by atoms with Gasteiger partial charge in [-0.3, -0.25) is 9.59 Å². The van der Waals surface area contributed by atoms with E-state index in [1.54, 1.807) is 24.3 Å². The van der Waals surface area contributed by atoms with Crippen LogP contribution in [-0.2, 0) is 14.3 Å². The highest BCUT2D eigenvalue weighted by Gasteiger charge is 2.21. The summed E-state index contributed by atoms with van der Waals surface area (Å²) >= 11 is 0. The molecule has 1 aliphatic rings. The Hall–Kier alpha value is -2.39. The van der Waals surface area contributed by atoms with E-state index >= 15 is 0 Å². The van der Waals surface area contributed by atoms with Crippen LogP contribution in [-0.4, -0.2) is 43.0 Å². The first-order valence-electron chi connectivity index (χ1n) is 5.85. The fraction of sp³-hybridized carbons (Fsp3) is 0.308. The van der Waals surface area contributed by atoms with Gasteiger partial charge in [-0.25, -0.2) is 0 Å². The maximum atomic E-state index is 11.8. The van der Waals surface area contributed by atoms with Crippen molar-refractivity contribution in [1.82, 2.24) is 4.90 Å². The number of morpholine rings is 1. The predicted molar refractivity (Wildman–Crippen MR) is 67.2 cm³/mol. The number of benzene rings is 1. The number of hydrogen-bond acceptors (Lipinski definition) is 4. The molecular formula is C13H13N3O3. The lowest BCUT2D eigenvalue weighted by Gasteiger charge is -2.26. The summed E-state index contributed by atoms with van der Waals surface area (Å²) in [5, 5.41) is 11.5. The Balaban J connectivity index is 1.98. The molecule has 2 rings (SSSR count). The Bertz CT molecular complexity index is 536. The van der Waals surface area contributed by atoms with Gasteiger partial charge in [0.1, 0.15) is 19.2 Å². The molecule has 1 saturated heterocycles. The molecule has 19 heavy (non-hydrogen) atoms. The fourth-order valence-electron chi connectivity index (χ4n) is 1.77. The molecule has 0 atom stereocenters. The molecule has 1 N–H and O–H groups in total. The third-order valence-electron chi connectivity index (χ3n) is 2.74. The molecule has 6 nitrogen and oxygen atoms in total. The van der Waals surface area contributed by atoms with Crippen LogP contribution in [0.1, 0.15) is 5.56 Å². The largest absolute Gasteiger partial charge is 0.370 e. The highest BCUT2D eigenvalue weighted by atomic mass is 16.5. The minimum atomic E-state index is -0.321. The SMILES string of the molecule is N#Cc1ccccc1NC(=O)CN1CCOCC1=O. The number of nitrogens with one attached hydrogen (secondary N) is 1. The van der Waals surface area contributed by atoms with Gasteiger partial charge >= 0.3 is 0 Å². The minimum Gasteiger partial charge on any atom is -0.370 e. The fourth-order valence-corrected chi connectivity index (χ4v) is 1.77. The van der Waals surface area contributed by atoms with Gasteiger partial charge in [0.25, 0.3) is 0 Å². The molecular weight excluding hydrogens is 246 g/mol. The zero-order valence-electron chi connectivity index (χ0n) is 10.3. The number of carbonyl (C=O) groups excluding carboxylic acids is 2. The van der Waals surface area contributed by atoms with E-state index < -0.39 is 0 Å². The molecule has 0 unspecified atom stereocenters. The van der Waals surface area contributed by atoms with E-state index in [0.29, 0.717) is 24.4 Å². The average molecular weight is 259 g/mol. The summed E-state index contributed by atoms with van der Waals surface area (Å²) in [5.74, 6) is -0.520. The Labute approximate surface area is 110 Å². The quantitative estimate of drug-likeness (QED) is 0.849. The molecule has 0 saturated carbocycles. The molecule has 1 aromatic rings. The number of nitriles is 1. The van der Waals surface area contributed by atoms with Crippen LogP contribution in [0.5, 0.6) is 0 Å². The van der Waals surface area contributed by atoms with Crippen LogP contribution in [0.4, 0.5) is 5.69 Å². The topological polar surface area (TPSA) is 82.4 Å². The van der Waals surface area contributed by atoms with Gasteiger partial charge in [-0.05, 0) is 12.1 Å². The zero-order chi connectivity index (χ0) is 13.7. The van der Waals surface area contributed by atoms with Crippen molar-refractivity contribution >= 4 is 17.5 Å². The van der Waals surface area contributed by atoms with E-state index in [9.17, 15) is 9.59 Å². The van der Waals surface area contributed by atoms with Gasteiger partial charge in [-0.15, -0.1) is 0 Å². The Kier molecular flexibility index (Phi) is 4.11. The number of rotatable bonds is 3. The maximum absolute atomic E-state index is 11.8. The van der Waals surface area contributed by atoms with Gasteiger partial charge < -0.3 is 15.0 Å². The Morgan fingerprint density at radius 3 is 3.00 bits per heavy atom. The summed E-state index contributed by atoms with van der Waals surface area (Å²) in [5.41, 5.74) is 0.847. The van der Waals surface area contributed by atoms with Crippen molar-refractivity contribution in [2.75, 3.05) is 31.6 Å². The van der Waals surface area contributed by atoms with E-state index in [1.807, 2.05) is 6.07 Å². The van der Waals surface area contributed by atoms with Crippen molar-refractivity contribution < 1.29 is 14.3 Å². The molecule has 0 bridgehead atoms. The number of para-hydroxylation sites is 1. The molecule has 0 aliphatic carbocycles. The summed E-state index contributed by atoms with van der Waals surface area (Å²) < 4.78 is 4.98. The maximum Gasteiger partial charge on any atom is 0.249 e. The molecule has 0 aromatic heterocycles. The lowest BCUT2D eigenvalue weighted by atomic mass is 10.2. The van der Waals surface area contributed by atoms with Gasteiger partial charge in [0.15, 0.2) is 0 Å². The molecule has 0 spiro atoms. The standard InChI is InChI=1S/C13H13N3O3/c14-7-10-3-1-2-4-11(10)15-12(17)8-16-5-6-19-9-13(16)18/h1-4H,5-6,8-9H2,(H,15,17). The van der Waals surface area contributed by atoms with E-state index in [1.165, 1.54) is 4.90 Å². The van der Waals surface area contributed by atoms with Crippen molar-refractivity contribution in [1.29, 1.82) is 5.26 Å². The van der Waals surface area contributed by atoms with E-state index in [4.69, 9.17) is 10.00 Å². The first-order chi connectivity index (χ1) is 9.20. The Morgan fingerprint density at radius 1 is 1.47 bits per heavy atom. The van der Waals surface area contributed by atoms with Gasteiger partial charge in [0, 0.05) is 6.54 Å². The van der Waals surface area contributed by atoms with Crippen LogP contribution < -0.4 is 5.32 Å². The summed E-state index contributed by atoms with van der Waals surface area (Å²) in [6.07, 6.45) is 0. The first-order valence-corrected chi connectivity index (χ1v) is 5.85. The summed E-state index contributed by atoms with van der Waals surface area (Å²) in [4.78, 5) is 24.8. The highest BCUT2D eigenvalue weighted by Crippen LogP contribution is 2.13. The van der Waals surface area contributed by atoms with Crippen molar-refractivity contribution in [2.24, 2.45) is 0 Å². The third kappa shape index (κ3) is 3.30. The van der Waals surface area contributed by atoms with E-state index in [2.05, 4.69) is 5.32 Å². The number of carbonyl (C=O) groups is 2. The Morgan fingerprint density at radius 2 is 2.26 bits per heavy atom. The van der Waals surface area contributed by atoms with E-state index in [-0.39, 0.29) is 25.0 Å². The third-order valence-corrected chi connectivity index (χ3v) is 2.74. The molecule has 98 valence electrons. The molecule has 2 amide bonds. The van der Waals surface area contributed by atoms with Crippen molar-refractivity contribution in [3.05, 3.63) is 29.8 Å². The molecule has 1 aliphatic heterocycles. The van der Waals surface area contributed by atoms with Crippen LogP contribution in [0, 0.1) is 11.3 Å². The number of hydrogen-bond donors (Lipinski definition) is 1. The van der Waals surface area contributed by atoms with Crippen LogP contribution in [0.2, 0.25) is 0 Å². The van der Waals surface area contributed by atoms with Crippen molar-refractivity contribution in [3.63, 3.8) is 0 Å². The number of amides is 2. The molecule has 0 radical (unpaired) electrons. The van der Waals surface area contributed by atoms with Crippen LogP contribution in [0.3, 0.4) is 0 Å². The van der Waals surface area contributed by atoms with Gasteiger partial charge in [0.2, 0.25) is 11.8 Å². The normalized spacial score (nSPS) is 14.9. The van der Waals surface area contributed by atoms with Crippen molar-refractivity contribution in [3.8, 4) is 6.07 Å². The lowest BCUT2D eigenvalue weighted by Crippen LogP contribution is -2.45. The minimum absolute atomic E-state index is 0.0159. The van der Waals surface area contributed by atoms with Gasteiger partial charge in [-0.2, -0.15) is 5.26 Å². The second kappa shape index (κ2) is 5.98. The number of nitrogens with zero attached hydrogens (tertiary/aromatic N) is 2. The summed E-state index contributed by atoms with van der Waals surface area (Å²) in [7, 11) is 0. The van der Waals surface area contributed by atoms with Gasteiger partial charge in [0.05, 0.1) is 17.9 Å². The van der Waals surface area contributed by atoms with Crippen LogP contribution >= 0.6 is 0 Å². The average Bonchev–Trinajstić information content (AvgIpc) is 2.42. The van der Waals surface area contributed by atoms with Crippen LogP contribution in [0.15, 0.2) is 24.3 Å². The van der Waals surface area contributed by atoms with Crippen molar-refractivity contribution in [2.45, 2.75) is 0 Å². The summed E-state index contributed by atoms with van der Waals surface area (Å²) in [6, 6.07) is 8.72. The second-order valence-corrected chi connectivity index (χ2v) is 4.07. The second-order valence-electron chi connectivity index (χ2n) is 4.07. The number of ether oxygens (including phenoxy) is 1. The predicted octanol–water partition coefficient (Wildman–Crippen LogP) is 0.356. The van der Waals surface area contributed by atoms with E-state index in [0.717, 1.165) is 0 Å². The summed E-state index contributed by atoms with van der Waals surface area (Å²) in [6.45, 7) is 0.837. The van der Waals surface area contributed by atoms with Gasteiger partial charge in [-0.1, -0.05) is 12.1 Å². The highest BCUT2D eigenvalue weighted by molar-refractivity contribution is 5.95. The molecule has 1 aromatic carbocycles. The number of anilines is 1. The molecule has 6 heteroatoms. The molecule has 1 heterocycles. The van der Waals surface area contributed by atoms with Crippen LogP contribution in [0.25, 0.3) is 0 Å².